The molecule has 0 radical (unpaired) electrons. The topological polar surface area (TPSA) is 24.4 Å². The minimum absolute atomic E-state index is 0.634. The second-order valence-electron chi connectivity index (χ2n) is 7.11. The van der Waals surface area contributed by atoms with Crippen molar-refractivity contribution in [1.29, 1.82) is 0 Å². The predicted molar refractivity (Wildman–Crippen MR) is 104 cm³/mol. The molecule has 0 aromatic rings. The van der Waals surface area contributed by atoms with Crippen molar-refractivity contribution in [2.45, 2.75) is 97.3 Å². The van der Waals surface area contributed by atoms with Gasteiger partial charge in [-0.15, -0.1) is 0 Å². The maximum atomic E-state index is 4.52. The van der Waals surface area contributed by atoms with E-state index in [-0.39, 0.29) is 0 Å². The fraction of sp³-hybridized carbons (Fsp3) is 0.857. The first kappa shape index (κ1) is 20.3. The Bertz CT molecular complexity index is 320. The van der Waals surface area contributed by atoms with Crippen LogP contribution < -0.4 is 5.32 Å². The molecule has 23 heavy (non-hydrogen) atoms. The molecule has 0 bridgehead atoms. The highest BCUT2D eigenvalue weighted by atomic mass is 15.1. The van der Waals surface area contributed by atoms with Crippen LogP contribution in [-0.2, 0) is 0 Å². The third-order valence-electron chi connectivity index (χ3n) is 4.82. The van der Waals surface area contributed by atoms with Crippen LogP contribution in [0.1, 0.15) is 97.3 Å². The second-order valence-corrected chi connectivity index (χ2v) is 7.11. The zero-order valence-corrected chi connectivity index (χ0v) is 15.8. The first-order chi connectivity index (χ1) is 11.3. The number of nitrogens with one attached hydrogen (secondary N) is 1. The van der Waals surface area contributed by atoms with Crippen LogP contribution in [0.3, 0.4) is 0 Å². The molecule has 1 heterocycles. The van der Waals surface area contributed by atoms with Crippen LogP contribution in [-0.4, -0.2) is 18.9 Å². The largest absolute Gasteiger partial charge is 0.372 e. The fourth-order valence-corrected chi connectivity index (χ4v) is 3.23. The molecule has 1 unspecified atom stereocenters. The molecular formula is C21H40N2. The quantitative estimate of drug-likeness (QED) is 0.279. The van der Waals surface area contributed by atoms with E-state index in [1.165, 1.54) is 89.3 Å². The lowest BCUT2D eigenvalue weighted by Crippen LogP contribution is -2.25. The Morgan fingerprint density at radius 2 is 1.52 bits per heavy atom. The van der Waals surface area contributed by atoms with Crippen molar-refractivity contribution in [3.63, 3.8) is 0 Å². The van der Waals surface area contributed by atoms with Gasteiger partial charge < -0.3 is 5.32 Å². The molecule has 0 saturated carbocycles. The van der Waals surface area contributed by atoms with E-state index in [0.717, 1.165) is 13.1 Å². The highest BCUT2D eigenvalue weighted by Gasteiger charge is 2.12. The summed E-state index contributed by atoms with van der Waals surface area (Å²) in [7, 11) is 0. The number of hydrogen-bond acceptors (Lipinski definition) is 2. The molecular weight excluding hydrogens is 280 g/mol. The molecule has 0 saturated heterocycles. The lowest BCUT2D eigenvalue weighted by Gasteiger charge is -2.11. The van der Waals surface area contributed by atoms with Gasteiger partial charge in [0.15, 0.2) is 0 Å². The van der Waals surface area contributed by atoms with E-state index in [1.807, 2.05) is 0 Å². The lowest BCUT2D eigenvalue weighted by atomic mass is 10.0. The van der Waals surface area contributed by atoms with Crippen molar-refractivity contribution in [3.05, 3.63) is 12.2 Å². The molecule has 134 valence electrons. The smallest absolute Gasteiger partial charge is 0.0993 e. The Labute approximate surface area is 145 Å². The van der Waals surface area contributed by atoms with Crippen LogP contribution in [0.15, 0.2) is 17.1 Å². The Balaban J connectivity index is 1.79. The second kappa shape index (κ2) is 14.8. The van der Waals surface area contributed by atoms with Gasteiger partial charge in [0.05, 0.1) is 12.4 Å². The van der Waals surface area contributed by atoms with Gasteiger partial charge in [-0.05, 0) is 32.1 Å². The predicted octanol–water partition coefficient (Wildman–Crippen LogP) is 6.27. The molecule has 2 nitrogen and oxygen atoms in total. The maximum absolute atomic E-state index is 4.52. The van der Waals surface area contributed by atoms with Gasteiger partial charge in [0.2, 0.25) is 0 Å². The third-order valence-corrected chi connectivity index (χ3v) is 4.82. The Morgan fingerprint density at radius 1 is 0.913 bits per heavy atom. The molecule has 1 N–H and O–H groups in total. The van der Waals surface area contributed by atoms with E-state index < -0.39 is 0 Å². The Kier molecular flexibility index (Phi) is 13.0. The molecule has 1 aliphatic heterocycles. The fourth-order valence-electron chi connectivity index (χ4n) is 3.23. The summed E-state index contributed by atoms with van der Waals surface area (Å²) in [4.78, 5) is 4.52. The van der Waals surface area contributed by atoms with Crippen molar-refractivity contribution < 1.29 is 0 Å². The van der Waals surface area contributed by atoms with Gasteiger partial charge in [-0.3, -0.25) is 4.99 Å². The maximum Gasteiger partial charge on any atom is 0.0993 e. The Morgan fingerprint density at radius 3 is 2.13 bits per heavy atom. The summed E-state index contributed by atoms with van der Waals surface area (Å²) in [6, 6.07) is 0. The highest BCUT2D eigenvalue weighted by Crippen LogP contribution is 2.14. The van der Waals surface area contributed by atoms with Crippen molar-refractivity contribution in [2.75, 3.05) is 13.1 Å². The summed E-state index contributed by atoms with van der Waals surface area (Å²) in [5.41, 5.74) is 0. The van der Waals surface area contributed by atoms with Gasteiger partial charge in [0.25, 0.3) is 0 Å². The van der Waals surface area contributed by atoms with Crippen LogP contribution >= 0.6 is 0 Å². The van der Waals surface area contributed by atoms with Crippen molar-refractivity contribution in [3.8, 4) is 0 Å². The third kappa shape index (κ3) is 11.4. The van der Waals surface area contributed by atoms with Gasteiger partial charge in [0.1, 0.15) is 0 Å². The summed E-state index contributed by atoms with van der Waals surface area (Å²) >= 11 is 0. The van der Waals surface area contributed by atoms with Gasteiger partial charge in [-0.1, -0.05) is 77.4 Å². The monoisotopic (exact) mass is 320 g/mol. The summed E-state index contributed by atoms with van der Waals surface area (Å²) in [6.45, 7) is 6.61. The van der Waals surface area contributed by atoms with Crippen LogP contribution in [0, 0.1) is 5.92 Å². The van der Waals surface area contributed by atoms with Gasteiger partial charge >= 0.3 is 0 Å². The zero-order valence-electron chi connectivity index (χ0n) is 15.8. The molecule has 0 spiro atoms. The van der Waals surface area contributed by atoms with E-state index in [2.05, 4.69) is 36.3 Å². The van der Waals surface area contributed by atoms with Crippen molar-refractivity contribution in [1.82, 2.24) is 5.32 Å². The highest BCUT2D eigenvalue weighted by molar-refractivity contribution is 5.85. The van der Waals surface area contributed by atoms with E-state index >= 15 is 0 Å². The molecule has 1 rings (SSSR count). The molecule has 1 atom stereocenters. The van der Waals surface area contributed by atoms with E-state index in [4.69, 9.17) is 0 Å². The van der Waals surface area contributed by atoms with Gasteiger partial charge in [0, 0.05) is 12.5 Å². The van der Waals surface area contributed by atoms with E-state index in [9.17, 15) is 0 Å². The molecule has 0 aliphatic carbocycles. The summed E-state index contributed by atoms with van der Waals surface area (Å²) in [5.74, 6) is 1.89. The van der Waals surface area contributed by atoms with Crippen molar-refractivity contribution >= 4 is 5.84 Å². The molecule has 1 aliphatic rings. The van der Waals surface area contributed by atoms with Gasteiger partial charge in [-0.2, -0.15) is 0 Å². The van der Waals surface area contributed by atoms with E-state index in [1.54, 1.807) is 0 Å². The molecule has 0 fully saturated rings. The summed E-state index contributed by atoms with van der Waals surface area (Å²) in [6.07, 6.45) is 22.6. The lowest BCUT2D eigenvalue weighted by molar-refractivity contribution is 0.566. The first-order valence-electron chi connectivity index (χ1n) is 10.3. The van der Waals surface area contributed by atoms with Crippen LogP contribution in [0.25, 0.3) is 0 Å². The number of amidine groups is 1. The molecule has 0 aromatic heterocycles. The van der Waals surface area contributed by atoms with Gasteiger partial charge in [-0.25, -0.2) is 0 Å². The zero-order chi connectivity index (χ0) is 16.6. The number of nitrogens with zero attached hydrogens (tertiary/aromatic N) is 1. The summed E-state index contributed by atoms with van der Waals surface area (Å²) < 4.78 is 0. The minimum atomic E-state index is 0.634. The molecule has 0 aromatic carbocycles. The first-order valence-corrected chi connectivity index (χ1v) is 10.3. The SMILES string of the molecule is CCCCCCCCC=CCCCCCCC(C)C1=NCCN1. The number of allylic oxidation sites excluding steroid dienone is 2. The number of hydrogen-bond donors (Lipinski definition) is 1. The summed E-state index contributed by atoms with van der Waals surface area (Å²) in [5, 5.41) is 3.40. The number of aliphatic imine (C=N–C) groups is 1. The number of unbranched alkanes of at least 4 members (excludes halogenated alkanes) is 10. The average molecular weight is 321 g/mol. The molecule has 2 heteroatoms. The average Bonchev–Trinajstić information content (AvgIpc) is 3.09. The van der Waals surface area contributed by atoms with Crippen LogP contribution in [0.4, 0.5) is 0 Å². The van der Waals surface area contributed by atoms with Crippen LogP contribution in [0.5, 0.6) is 0 Å². The Hall–Kier alpha value is -0.790. The minimum Gasteiger partial charge on any atom is -0.372 e. The normalized spacial score (nSPS) is 15.8. The van der Waals surface area contributed by atoms with Crippen molar-refractivity contribution in [2.24, 2.45) is 10.9 Å². The molecule has 0 amide bonds. The van der Waals surface area contributed by atoms with Crippen LogP contribution in [0.2, 0.25) is 0 Å². The number of rotatable bonds is 15. The van der Waals surface area contributed by atoms with E-state index in [0.29, 0.717) is 5.92 Å². The standard InChI is InChI=1S/C21H40N2/c1-3-4-5-6-7-8-9-10-11-12-13-14-15-16-17-20(2)21-22-18-19-23-21/h10-11,20H,3-9,12-19H2,1-2H3,(H,22,23).